The molecule has 1 amide bonds. The molecule has 2 heterocycles. The molecule has 0 aromatic heterocycles. The molecule has 4 N–H and O–H groups in total. The minimum Gasteiger partial charge on any atom is -0.411 e. The first-order valence-corrected chi connectivity index (χ1v) is 12.3. The molecule has 0 bridgehead atoms. The number of carbonyl (C=O) groups is 2. The normalized spacial score (nSPS) is 23.5. The maximum atomic E-state index is 13.0. The zero-order valence-electron chi connectivity index (χ0n) is 18.2. The molecule has 1 unspecified atom stereocenters. The second kappa shape index (κ2) is 9.26. The molecule has 3 atom stereocenters. The molecule has 2 saturated heterocycles. The first-order valence-electron chi connectivity index (χ1n) is 9.99. The van der Waals surface area contributed by atoms with Crippen LogP contribution in [0.3, 0.4) is 0 Å². The number of benzene rings is 2. The summed E-state index contributed by atoms with van der Waals surface area (Å²) < 4.78 is 29.1. The van der Waals surface area contributed by atoms with E-state index in [-0.39, 0.29) is 22.0 Å². The molecule has 0 aliphatic carbocycles. The second-order valence-electron chi connectivity index (χ2n) is 8.27. The summed E-state index contributed by atoms with van der Waals surface area (Å²) in [4.78, 5) is 26.6. The molecule has 0 spiro atoms. The second-order valence-corrected chi connectivity index (χ2v) is 11.5. The lowest BCUT2D eigenvalue weighted by atomic mass is 9.88. The average Bonchev–Trinajstić information content (AvgIpc) is 3.02. The molecule has 9 nitrogen and oxygen atoms in total. The van der Waals surface area contributed by atoms with Gasteiger partial charge in [-0.05, 0) is 32.9 Å². The Labute approximate surface area is 196 Å². The minimum atomic E-state index is -4.02. The highest BCUT2D eigenvalue weighted by Gasteiger charge is 2.62. The number of hydrogen-bond acceptors (Lipinski definition) is 8. The van der Waals surface area contributed by atoms with E-state index in [1.165, 1.54) is 18.3 Å². The van der Waals surface area contributed by atoms with Crippen LogP contribution in [0.2, 0.25) is 0 Å². The van der Waals surface area contributed by atoms with E-state index in [1.54, 1.807) is 53.1 Å². The molecule has 2 aliphatic rings. The van der Waals surface area contributed by atoms with Gasteiger partial charge in [0, 0.05) is 15.9 Å². The number of nitrogens with two attached hydrogens (primary N) is 1. The van der Waals surface area contributed by atoms with Gasteiger partial charge in [0.15, 0.2) is 5.78 Å². The Bertz CT molecular complexity index is 1190. The largest absolute Gasteiger partial charge is 0.411 e. The van der Waals surface area contributed by atoms with Gasteiger partial charge in [0.25, 0.3) is 10.1 Å². The molecule has 2 aliphatic heterocycles. The van der Waals surface area contributed by atoms with Crippen molar-refractivity contribution in [1.29, 1.82) is 0 Å². The Balaban J connectivity index is 0.000000235. The molecule has 4 rings (SSSR count). The van der Waals surface area contributed by atoms with E-state index in [0.717, 1.165) is 5.56 Å². The summed E-state index contributed by atoms with van der Waals surface area (Å²) in [5.74, 6) is -0.342. The summed E-state index contributed by atoms with van der Waals surface area (Å²) in [5.41, 5.74) is 7.75. The third-order valence-electron chi connectivity index (χ3n) is 5.47. The predicted octanol–water partition coefficient (Wildman–Crippen LogP) is 2.31. The molecule has 2 aromatic rings. The monoisotopic (exact) mass is 491 g/mol. The van der Waals surface area contributed by atoms with Crippen molar-refractivity contribution < 1.29 is 27.8 Å². The van der Waals surface area contributed by atoms with E-state index >= 15 is 0 Å². The van der Waals surface area contributed by atoms with Crippen LogP contribution in [0.25, 0.3) is 0 Å². The van der Waals surface area contributed by atoms with Crippen molar-refractivity contribution in [2.45, 2.75) is 47.9 Å². The SMILES string of the molecule is CC1(C)S[C@@H]2C(N)C(=O)N2[C@H]1C(=O)c1ccccc1/C=N/O.Cc1ccc(S(=O)(=O)O)cc1. The highest BCUT2D eigenvalue weighted by atomic mass is 32.2. The first kappa shape index (κ1) is 24.9. The Hall–Kier alpha value is -2.73. The fourth-order valence-electron chi connectivity index (χ4n) is 3.82. The van der Waals surface area contributed by atoms with Crippen molar-refractivity contribution in [1.82, 2.24) is 4.90 Å². The third-order valence-corrected chi connectivity index (χ3v) is 7.93. The fourth-order valence-corrected chi connectivity index (χ4v) is 5.88. The van der Waals surface area contributed by atoms with Crippen molar-refractivity contribution >= 4 is 39.8 Å². The summed E-state index contributed by atoms with van der Waals surface area (Å²) in [6.07, 6.45) is 1.23. The van der Waals surface area contributed by atoms with Crippen molar-refractivity contribution in [2.75, 3.05) is 0 Å². The smallest absolute Gasteiger partial charge is 0.294 e. The zero-order valence-corrected chi connectivity index (χ0v) is 19.9. The maximum Gasteiger partial charge on any atom is 0.294 e. The molecular formula is C22H25N3O6S2. The molecule has 2 fully saturated rings. The lowest BCUT2D eigenvalue weighted by Crippen LogP contribution is -2.68. The number of aryl methyl sites for hydroxylation is 1. The highest BCUT2D eigenvalue weighted by Crippen LogP contribution is 2.51. The number of amides is 1. The Morgan fingerprint density at radius 1 is 1.18 bits per heavy atom. The molecule has 33 heavy (non-hydrogen) atoms. The predicted molar refractivity (Wildman–Crippen MR) is 125 cm³/mol. The number of rotatable bonds is 4. The van der Waals surface area contributed by atoms with Crippen LogP contribution in [-0.4, -0.2) is 63.2 Å². The zero-order chi connectivity index (χ0) is 24.6. The topological polar surface area (TPSA) is 150 Å². The lowest BCUT2D eigenvalue weighted by molar-refractivity contribution is -0.145. The van der Waals surface area contributed by atoms with E-state index in [1.807, 2.05) is 20.8 Å². The molecule has 2 aromatic carbocycles. The van der Waals surface area contributed by atoms with Gasteiger partial charge in [-0.15, -0.1) is 11.8 Å². The van der Waals surface area contributed by atoms with E-state index in [2.05, 4.69) is 5.16 Å². The molecular weight excluding hydrogens is 466 g/mol. The van der Waals surface area contributed by atoms with Crippen molar-refractivity contribution in [2.24, 2.45) is 10.9 Å². The Morgan fingerprint density at radius 3 is 2.36 bits per heavy atom. The number of thioether (sulfide) groups is 1. The first-order chi connectivity index (χ1) is 15.4. The minimum absolute atomic E-state index is 0.0666. The van der Waals surface area contributed by atoms with Crippen molar-refractivity contribution in [3.8, 4) is 0 Å². The number of β-lactam (4-membered cyclic amide) rings is 1. The quantitative estimate of drug-likeness (QED) is 0.147. The van der Waals surface area contributed by atoms with Gasteiger partial charge in [-0.2, -0.15) is 8.42 Å². The molecule has 176 valence electrons. The van der Waals surface area contributed by atoms with Crippen LogP contribution in [0.1, 0.15) is 35.3 Å². The van der Waals surface area contributed by atoms with Crippen LogP contribution in [0, 0.1) is 6.92 Å². The maximum absolute atomic E-state index is 13.0. The van der Waals surface area contributed by atoms with Crippen LogP contribution < -0.4 is 5.73 Å². The van der Waals surface area contributed by atoms with Crippen LogP contribution in [0.15, 0.2) is 58.6 Å². The number of oxime groups is 1. The van der Waals surface area contributed by atoms with E-state index in [9.17, 15) is 18.0 Å². The van der Waals surface area contributed by atoms with Crippen LogP contribution in [0.4, 0.5) is 0 Å². The van der Waals surface area contributed by atoms with Gasteiger partial charge in [0.2, 0.25) is 5.91 Å². The number of hydrogen-bond donors (Lipinski definition) is 3. The highest BCUT2D eigenvalue weighted by molar-refractivity contribution is 8.01. The van der Waals surface area contributed by atoms with Gasteiger partial charge < -0.3 is 15.8 Å². The number of carbonyl (C=O) groups excluding carboxylic acids is 2. The number of Topliss-reactive ketones (excluding diaryl/α,β-unsaturated/α-hetero) is 1. The fraction of sp³-hybridized carbons (Fsp3) is 0.318. The van der Waals surface area contributed by atoms with Crippen molar-refractivity contribution in [3.63, 3.8) is 0 Å². The van der Waals surface area contributed by atoms with Gasteiger partial charge in [0.05, 0.1) is 11.1 Å². The number of fused-ring (bicyclic) bond motifs is 1. The van der Waals surface area contributed by atoms with Crippen LogP contribution in [-0.2, 0) is 14.9 Å². The summed E-state index contributed by atoms with van der Waals surface area (Å²) in [5, 5.41) is 11.6. The van der Waals surface area contributed by atoms with E-state index < -0.39 is 26.9 Å². The summed E-state index contributed by atoms with van der Waals surface area (Å²) >= 11 is 1.56. The van der Waals surface area contributed by atoms with Crippen LogP contribution in [0.5, 0.6) is 0 Å². The average molecular weight is 492 g/mol. The Morgan fingerprint density at radius 2 is 1.79 bits per heavy atom. The summed E-state index contributed by atoms with van der Waals surface area (Å²) in [6.45, 7) is 5.73. The van der Waals surface area contributed by atoms with Crippen molar-refractivity contribution in [3.05, 3.63) is 65.2 Å². The molecule has 11 heteroatoms. The lowest BCUT2D eigenvalue weighted by Gasteiger charge is -2.42. The number of nitrogens with zero attached hydrogens (tertiary/aromatic N) is 2. The summed E-state index contributed by atoms with van der Waals surface area (Å²) in [7, 11) is -4.02. The van der Waals surface area contributed by atoms with E-state index in [0.29, 0.717) is 11.1 Å². The standard InChI is InChI=1S/C15H17N3O3S.C7H8O3S/c1-15(2)12(18-13(20)10(16)14(18)22-15)11(19)9-6-4-3-5-8(9)7-17-21;1-6-2-4-7(5-3-6)11(8,9)10/h3-7,10,12,14,21H,16H2,1-2H3;2-5H,1H3,(H,8,9,10)/b17-7+;/t10?,12-,14+;/m0./s1. The summed E-state index contributed by atoms with van der Waals surface area (Å²) in [6, 6.07) is 11.8. The van der Waals surface area contributed by atoms with E-state index in [4.69, 9.17) is 15.5 Å². The molecule has 0 radical (unpaired) electrons. The third kappa shape index (κ3) is 4.96. The van der Waals surface area contributed by atoms with Gasteiger partial charge >= 0.3 is 0 Å². The van der Waals surface area contributed by atoms with Gasteiger partial charge in [-0.25, -0.2) is 0 Å². The van der Waals surface area contributed by atoms with Gasteiger partial charge in [-0.3, -0.25) is 14.1 Å². The Kier molecular flexibility index (Phi) is 6.99. The molecule has 0 saturated carbocycles. The van der Waals surface area contributed by atoms with Crippen LogP contribution >= 0.6 is 11.8 Å². The number of ketones is 1. The van der Waals surface area contributed by atoms with Gasteiger partial charge in [0.1, 0.15) is 17.5 Å². The van der Waals surface area contributed by atoms with Gasteiger partial charge in [-0.1, -0.05) is 47.1 Å².